The lowest BCUT2D eigenvalue weighted by Gasteiger charge is -2.14. The zero-order valence-electron chi connectivity index (χ0n) is 17.8. The Hall–Kier alpha value is -2.21. The van der Waals surface area contributed by atoms with Crippen LogP contribution >= 0.6 is 34.4 Å². The molecule has 0 radical (unpaired) electrons. The minimum Gasteiger partial charge on any atom is -0.462 e. The molecule has 1 aliphatic heterocycles. The molecule has 0 aliphatic carbocycles. The molecule has 0 bridgehead atoms. The number of aryl methyl sites for hydroxylation is 1. The molecule has 1 amide bonds. The predicted octanol–water partition coefficient (Wildman–Crippen LogP) is 4.46. The summed E-state index contributed by atoms with van der Waals surface area (Å²) >= 11 is 4.28. The molecule has 4 heterocycles. The van der Waals surface area contributed by atoms with Crippen LogP contribution in [0.1, 0.15) is 35.0 Å². The smallest absolute Gasteiger partial charge is 0.341 e. The summed E-state index contributed by atoms with van der Waals surface area (Å²) in [6.07, 6.45) is 2.18. The van der Waals surface area contributed by atoms with Crippen LogP contribution in [0.25, 0.3) is 10.7 Å². The first kappa shape index (κ1) is 23.0. The number of esters is 1. The van der Waals surface area contributed by atoms with Gasteiger partial charge in [0.05, 0.1) is 35.4 Å². The molecule has 1 N–H and O–H groups in total. The van der Waals surface area contributed by atoms with Gasteiger partial charge < -0.3 is 14.8 Å². The highest BCUT2D eigenvalue weighted by molar-refractivity contribution is 7.99. The summed E-state index contributed by atoms with van der Waals surface area (Å²) in [6, 6.07) is 5.73. The highest BCUT2D eigenvalue weighted by Crippen LogP contribution is 2.31. The Labute approximate surface area is 198 Å². The summed E-state index contributed by atoms with van der Waals surface area (Å²) in [5.41, 5.74) is 0.384. The second-order valence-corrected chi connectivity index (χ2v) is 10.3. The lowest BCUT2D eigenvalue weighted by molar-refractivity contribution is -0.113. The Bertz CT molecular complexity index is 1070. The Morgan fingerprint density at radius 1 is 1.41 bits per heavy atom. The zero-order chi connectivity index (χ0) is 22.5. The monoisotopic (exact) mass is 492 g/mol. The fourth-order valence-corrected chi connectivity index (χ4v) is 5.78. The maximum atomic E-state index is 12.7. The average molecular weight is 493 g/mol. The van der Waals surface area contributed by atoms with E-state index in [1.54, 1.807) is 24.3 Å². The number of nitrogens with zero attached hydrogens (tertiary/aromatic N) is 3. The van der Waals surface area contributed by atoms with Crippen LogP contribution < -0.4 is 5.32 Å². The lowest BCUT2D eigenvalue weighted by atomic mass is 10.2. The first-order chi connectivity index (χ1) is 15.5. The van der Waals surface area contributed by atoms with E-state index in [0.717, 1.165) is 35.0 Å². The number of amides is 1. The number of rotatable bonds is 9. The molecule has 1 unspecified atom stereocenters. The molecule has 1 saturated heterocycles. The molecule has 1 aliphatic rings. The first-order valence-electron chi connectivity index (χ1n) is 10.3. The molecule has 4 rings (SSSR count). The molecular formula is C21H24N4O4S3. The molecule has 11 heteroatoms. The van der Waals surface area contributed by atoms with E-state index < -0.39 is 5.97 Å². The van der Waals surface area contributed by atoms with E-state index in [2.05, 4.69) is 15.5 Å². The van der Waals surface area contributed by atoms with Crippen molar-refractivity contribution in [3.05, 3.63) is 34.0 Å². The van der Waals surface area contributed by atoms with Gasteiger partial charge in [-0.05, 0) is 44.2 Å². The fourth-order valence-electron chi connectivity index (χ4n) is 3.40. The second kappa shape index (κ2) is 10.6. The Morgan fingerprint density at radius 2 is 2.28 bits per heavy atom. The van der Waals surface area contributed by atoms with Crippen molar-refractivity contribution in [1.82, 2.24) is 14.8 Å². The van der Waals surface area contributed by atoms with E-state index in [1.165, 1.54) is 23.1 Å². The first-order valence-corrected chi connectivity index (χ1v) is 13.0. The van der Waals surface area contributed by atoms with E-state index in [9.17, 15) is 9.59 Å². The molecule has 32 heavy (non-hydrogen) atoms. The SMILES string of the molecule is CCOC(=O)c1cc(C)sc1NC(=O)CSc1nnc(-c2cccs2)n1CC1CCCO1. The molecule has 3 aromatic rings. The minimum atomic E-state index is -0.434. The Morgan fingerprint density at radius 3 is 3.00 bits per heavy atom. The number of aromatic nitrogens is 3. The Balaban J connectivity index is 1.45. The summed E-state index contributed by atoms with van der Waals surface area (Å²) in [6.45, 7) is 5.35. The lowest BCUT2D eigenvalue weighted by Crippen LogP contribution is -2.18. The van der Waals surface area contributed by atoms with Crippen molar-refractivity contribution in [2.45, 2.75) is 44.5 Å². The van der Waals surface area contributed by atoms with Gasteiger partial charge >= 0.3 is 5.97 Å². The van der Waals surface area contributed by atoms with Crippen LogP contribution in [0.5, 0.6) is 0 Å². The van der Waals surface area contributed by atoms with Gasteiger partial charge in [0.2, 0.25) is 5.91 Å². The molecule has 8 nitrogen and oxygen atoms in total. The van der Waals surface area contributed by atoms with Crippen LogP contribution in [-0.2, 0) is 20.8 Å². The van der Waals surface area contributed by atoms with E-state index in [4.69, 9.17) is 9.47 Å². The number of hydrogen-bond donors (Lipinski definition) is 1. The maximum absolute atomic E-state index is 12.7. The fraction of sp³-hybridized carbons (Fsp3) is 0.429. The highest BCUT2D eigenvalue weighted by Gasteiger charge is 2.23. The summed E-state index contributed by atoms with van der Waals surface area (Å²) in [5, 5.41) is 14.8. The third-order valence-electron chi connectivity index (χ3n) is 4.80. The van der Waals surface area contributed by atoms with E-state index in [1.807, 2.05) is 29.0 Å². The largest absolute Gasteiger partial charge is 0.462 e. The van der Waals surface area contributed by atoms with Gasteiger partial charge in [0.1, 0.15) is 5.00 Å². The quantitative estimate of drug-likeness (QED) is 0.348. The number of carbonyl (C=O) groups excluding carboxylic acids is 2. The number of thioether (sulfide) groups is 1. The number of anilines is 1. The van der Waals surface area contributed by atoms with Crippen molar-refractivity contribution >= 4 is 51.3 Å². The topological polar surface area (TPSA) is 95.3 Å². The number of thiophene rings is 2. The highest BCUT2D eigenvalue weighted by atomic mass is 32.2. The van der Waals surface area contributed by atoms with Crippen LogP contribution in [0.4, 0.5) is 5.00 Å². The summed E-state index contributed by atoms with van der Waals surface area (Å²) in [5.74, 6) is 0.285. The van der Waals surface area contributed by atoms with Gasteiger partial charge in [-0.25, -0.2) is 4.79 Å². The average Bonchev–Trinajstić information content (AvgIpc) is 3.55. The molecule has 1 fully saturated rings. The van der Waals surface area contributed by atoms with Gasteiger partial charge in [0, 0.05) is 11.5 Å². The van der Waals surface area contributed by atoms with E-state index >= 15 is 0 Å². The summed E-state index contributed by atoms with van der Waals surface area (Å²) in [4.78, 5) is 26.8. The van der Waals surface area contributed by atoms with Gasteiger partial charge in [-0.1, -0.05) is 17.8 Å². The van der Waals surface area contributed by atoms with Crippen molar-refractivity contribution < 1.29 is 19.1 Å². The number of nitrogens with one attached hydrogen (secondary N) is 1. The van der Waals surface area contributed by atoms with Gasteiger partial charge in [0.15, 0.2) is 11.0 Å². The molecule has 3 aromatic heterocycles. The van der Waals surface area contributed by atoms with E-state index in [0.29, 0.717) is 22.3 Å². The second-order valence-electron chi connectivity index (χ2n) is 7.19. The predicted molar refractivity (Wildman–Crippen MR) is 127 cm³/mol. The normalized spacial score (nSPS) is 15.8. The Kier molecular flexibility index (Phi) is 7.61. The number of carbonyl (C=O) groups is 2. The van der Waals surface area contributed by atoms with Crippen LogP contribution in [0, 0.1) is 6.92 Å². The van der Waals surface area contributed by atoms with Crippen LogP contribution in [-0.4, -0.2) is 51.7 Å². The molecular weight excluding hydrogens is 468 g/mol. The molecule has 170 valence electrons. The molecule has 1 atom stereocenters. The number of hydrogen-bond acceptors (Lipinski definition) is 9. The maximum Gasteiger partial charge on any atom is 0.341 e. The van der Waals surface area contributed by atoms with Crippen molar-refractivity contribution in [1.29, 1.82) is 0 Å². The summed E-state index contributed by atoms with van der Waals surface area (Å²) in [7, 11) is 0. The molecule has 0 saturated carbocycles. The number of ether oxygens (including phenoxy) is 2. The van der Waals surface area contributed by atoms with Gasteiger partial charge in [-0.2, -0.15) is 0 Å². The third kappa shape index (κ3) is 5.40. The van der Waals surface area contributed by atoms with E-state index in [-0.39, 0.29) is 24.4 Å². The summed E-state index contributed by atoms with van der Waals surface area (Å²) < 4.78 is 12.9. The van der Waals surface area contributed by atoms with Crippen molar-refractivity contribution in [3.63, 3.8) is 0 Å². The van der Waals surface area contributed by atoms with Crippen LogP contribution in [0.3, 0.4) is 0 Å². The third-order valence-corrected chi connectivity index (χ3v) is 7.60. The van der Waals surface area contributed by atoms with Crippen LogP contribution in [0.15, 0.2) is 28.7 Å². The van der Waals surface area contributed by atoms with Gasteiger partial charge in [-0.15, -0.1) is 32.9 Å². The van der Waals surface area contributed by atoms with Crippen molar-refractivity contribution in [2.75, 3.05) is 24.3 Å². The van der Waals surface area contributed by atoms with Crippen molar-refractivity contribution in [3.8, 4) is 10.7 Å². The van der Waals surface area contributed by atoms with Gasteiger partial charge in [-0.3, -0.25) is 9.36 Å². The molecule has 0 spiro atoms. The molecule has 0 aromatic carbocycles. The zero-order valence-corrected chi connectivity index (χ0v) is 20.3. The van der Waals surface area contributed by atoms with Crippen molar-refractivity contribution in [2.24, 2.45) is 0 Å². The minimum absolute atomic E-state index is 0.124. The van der Waals surface area contributed by atoms with Crippen LogP contribution in [0.2, 0.25) is 0 Å². The standard InChI is InChI=1S/C21H24N4O4S3/c1-3-28-20(27)15-10-13(2)32-19(15)22-17(26)12-31-21-24-23-18(16-7-5-9-30-16)25(21)11-14-6-4-8-29-14/h5,7,9-10,14H,3-4,6,8,11-12H2,1-2H3,(H,22,26). The van der Waals surface area contributed by atoms with Gasteiger partial charge in [0.25, 0.3) is 0 Å².